The van der Waals surface area contributed by atoms with Crippen molar-refractivity contribution in [1.29, 1.82) is 0 Å². The van der Waals surface area contributed by atoms with Crippen LogP contribution in [0, 0.1) is 0 Å². The normalized spacial score (nSPS) is 14.2. The Morgan fingerprint density at radius 1 is 1.06 bits per heavy atom. The summed E-state index contributed by atoms with van der Waals surface area (Å²) in [5.41, 5.74) is 4.61. The van der Waals surface area contributed by atoms with Crippen molar-refractivity contribution in [1.82, 2.24) is 10.2 Å². The second-order valence-electron chi connectivity index (χ2n) is 9.27. The number of carbonyl (C=O) groups is 4. The van der Waals surface area contributed by atoms with Crippen molar-refractivity contribution in [3.63, 3.8) is 0 Å². The van der Waals surface area contributed by atoms with Gasteiger partial charge in [-0.05, 0) is 66.2 Å². The molecule has 1 aliphatic heterocycles. The molecule has 208 valence electrons. The van der Waals surface area contributed by atoms with Gasteiger partial charge in [0.05, 0.1) is 6.61 Å². The molecule has 1 fully saturated rings. The van der Waals surface area contributed by atoms with Crippen molar-refractivity contribution < 1.29 is 28.7 Å². The molecule has 0 aliphatic carbocycles. The minimum absolute atomic E-state index is 0.107. The van der Waals surface area contributed by atoms with Gasteiger partial charge >= 0.3 is 12.1 Å². The van der Waals surface area contributed by atoms with Crippen molar-refractivity contribution in [3.8, 4) is 0 Å². The average Bonchev–Trinajstić information content (AvgIpc) is 3.29. The fourth-order valence-electron chi connectivity index (χ4n) is 3.09. The maximum absolute atomic E-state index is 11.9. The first-order valence-corrected chi connectivity index (χ1v) is 12.9. The zero-order valence-electron chi connectivity index (χ0n) is 23.1. The molecule has 1 saturated heterocycles. The summed E-state index contributed by atoms with van der Waals surface area (Å²) in [7, 11) is 0. The summed E-state index contributed by atoms with van der Waals surface area (Å²) in [6.07, 6.45) is 11.9. The van der Waals surface area contributed by atoms with Crippen LogP contribution in [0.15, 0.2) is 25.3 Å². The number of ether oxygens (including phenoxy) is 2. The third-order valence-corrected chi connectivity index (χ3v) is 4.79. The van der Waals surface area contributed by atoms with Crippen molar-refractivity contribution in [2.24, 2.45) is 5.73 Å². The number of hydrogen-bond donors (Lipinski definition) is 2. The van der Waals surface area contributed by atoms with E-state index in [1.54, 1.807) is 26.8 Å². The third kappa shape index (κ3) is 20.5. The van der Waals surface area contributed by atoms with Crippen molar-refractivity contribution in [2.75, 3.05) is 19.7 Å². The Morgan fingerprint density at radius 3 is 2.17 bits per heavy atom. The number of amides is 3. The van der Waals surface area contributed by atoms with Crippen LogP contribution >= 0.6 is 0 Å². The SMILES string of the molecule is C=CCCCC(=O)OCC.C=CCCCCC.CC(C)(C)OC(=O)NCC(=O)N1CCCC1C(N)=O. The summed E-state index contributed by atoms with van der Waals surface area (Å²) in [5.74, 6) is -0.945. The molecule has 0 spiro atoms. The van der Waals surface area contributed by atoms with Crippen LogP contribution in [-0.4, -0.2) is 60.1 Å². The number of primary amides is 1. The zero-order valence-corrected chi connectivity index (χ0v) is 23.1. The summed E-state index contributed by atoms with van der Waals surface area (Å²) in [6.45, 7) is 17.2. The summed E-state index contributed by atoms with van der Waals surface area (Å²) in [5, 5.41) is 2.37. The molecule has 9 heteroatoms. The first-order valence-electron chi connectivity index (χ1n) is 12.9. The van der Waals surface area contributed by atoms with Crippen LogP contribution in [0.3, 0.4) is 0 Å². The molecule has 0 saturated carbocycles. The van der Waals surface area contributed by atoms with Gasteiger partial charge < -0.3 is 25.4 Å². The van der Waals surface area contributed by atoms with E-state index in [2.05, 4.69) is 25.4 Å². The molecular formula is C27H49N3O6. The second kappa shape index (κ2) is 21.4. The molecule has 1 aliphatic rings. The molecule has 0 bridgehead atoms. The zero-order chi connectivity index (χ0) is 28.0. The quantitative estimate of drug-likeness (QED) is 0.223. The topological polar surface area (TPSA) is 128 Å². The molecule has 0 aromatic heterocycles. The number of alkyl carbamates (subject to hydrolysis) is 1. The number of nitrogens with two attached hydrogens (primary N) is 1. The second-order valence-corrected chi connectivity index (χ2v) is 9.27. The predicted molar refractivity (Wildman–Crippen MR) is 143 cm³/mol. The molecule has 9 nitrogen and oxygen atoms in total. The van der Waals surface area contributed by atoms with Crippen molar-refractivity contribution in [3.05, 3.63) is 25.3 Å². The van der Waals surface area contributed by atoms with Crippen LogP contribution < -0.4 is 11.1 Å². The lowest BCUT2D eigenvalue weighted by atomic mass is 10.2. The number of hydrogen-bond acceptors (Lipinski definition) is 6. The van der Waals surface area contributed by atoms with Gasteiger partial charge in [-0.3, -0.25) is 14.4 Å². The van der Waals surface area contributed by atoms with Crippen LogP contribution in [0.25, 0.3) is 0 Å². The van der Waals surface area contributed by atoms with Crippen LogP contribution in [0.1, 0.15) is 92.4 Å². The predicted octanol–water partition coefficient (Wildman–Crippen LogP) is 4.65. The lowest BCUT2D eigenvalue weighted by Gasteiger charge is -2.23. The van der Waals surface area contributed by atoms with Crippen LogP contribution in [-0.2, 0) is 23.9 Å². The lowest BCUT2D eigenvalue weighted by Crippen LogP contribution is -2.48. The molecule has 3 N–H and O–H groups in total. The number of unbranched alkanes of at least 4 members (excludes halogenated alkanes) is 4. The first kappa shape index (κ1) is 35.3. The molecule has 3 amide bonds. The molecule has 36 heavy (non-hydrogen) atoms. The number of esters is 1. The molecule has 1 rings (SSSR count). The van der Waals surface area contributed by atoms with E-state index in [4.69, 9.17) is 15.2 Å². The fourth-order valence-corrected chi connectivity index (χ4v) is 3.09. The number of nitrogens with one attached hydrogen (secondary N) is 1. The van der Waals surface area contributed by atoms with Gasteiger partial charge in [-0.1, -0.05) is 31.9 Å². The average molecular weight is 512 g/mol. The van der Waals surface area contributed by atoms with Gasteiger partial charge in [0.15, 0.2) is 0 Å². The van der Waals surface area contributed by atoms with Gasteiger partial charge in [0, 0.05) is 13.0 Å². The van der Waals surface area contributed by atoms with Crippen molar-refractivity contribution >= 4 is 23.9 Å². The Morgan fingerprint density at radius 2 is 1.67 bits per heavy atom. The highest BCUT2D eigenvalue weighted by Crippen LogP contribution is 2.16. The Kier molecular flexibility index (Phi) is 21.0. The Bertz CT molecular complexity index is 673. The minimum atomic E-state index is -0.657. The van der Waals surface area contributed by atoms with E-state index >= 15 is 0 Å². The monoisotopic (exact) mass is 511 g/mol. The van der Waals surface area contributed by atoms with E-state index in [0.717, 1.165) is 19.3 Å². The van der Waals surface area contributed by atoms with E-state index in [1.165, 1.54) is 30.6 Å². The Balaban J connectivity index is 0. The Hall–Kier alpha value is -2.84. The molecule has 1 unspecified atom stereocenters. The van der Waals surface area contributed by atoms with Crippen molar-refractivity contribution in [2.45, 2.75) is 104 Å². The molecule has 0 aromatic carbocycles. The van der Waals surface area contributed by atoms with Gasteiger partial charge in [0.25, 0.3) is 0 Å². The van der Waals surface area contributed by atoms with Crippen LogP contribution in [0.5, 0.6) is 0 Å². The van der Waals surface area contributed by atoms with Gasteiger partial charge in [0.2, 0.25) is 11.8 Å². The van der Waals surface area contributed by atoms with E-state index in [9.17, 15) is 19.2 Å². The van der Waals surface area contributed by atoms with E-state index in [0.29, 0.717) is 26.0 Å². The van der Waals surface area contributed by atoms with E-state index < -0.39 is 23.6 Å². The highest BCUT2D eigenvalue weighted by molar-refractivity contribution is 5.89. The summed E-state index contributed by atoms with van der Waals surface area (Å²) < 4.78 is 9.73. The fraction of sp³-hybridized carbons (Fsp3) is 0.704. The molecule has 0 radical (unpaired) electrons. The maximum Gasteiger partial charge on any atom is 0.408 e. The third-order valence-electron chi connectivity index (χ3n) is 4.79. The summed E-state index contributed by atoms with van der Waals surface area (Å²) in [4.78, 5) is 46.5. The van der Waals surface area contributed by atoms with Crippen LogP contribution in [0.4, 0.5) is 4.79 Å². The first-order chi connectivity index (χ1) is 16.9. The van der Waals surface area contributed by atoms with E-state index in [-0.39, 0.29) is 18.4 Å². The summed E-state index contributed by atoms with van der Waals surface area (Å²) in [6, 6.07) is -0.562. The molecular weight excluding hydrogens is 462 g/mol. The smallest absolute Gasteiger partial charge is 0.408 e. The largest absolute Gasteiger partial charge is 0.466 e. The molecule has 0 aromatic rings. The van der Waals surface area contributed by atoms with Gasteiger partial charge in [0.1, 0.15) is 18.2 Å². The summed E-state index contributed by atoms with van der Waals surface area (Å²) >= 11 is 0. The standard InChI is InChI=1S/C12H21N3O4.C8H14O2.C7H14/c1-12(2,3)19-11(18)14-7-9(16)15-6-4-5-8(15)10(13)17;1-3-5-6-7-8(9)10-4-2;1-3-5-7-6-4-2/h8H,4-7H2,1-3H3,(H2,13,17)(H,14,18);3H,1,4-7H2,2H3;3H,1,4-7H2,2H3. The Labute approximate surface area is 217 Å². The number of carbonyl (C=O) groups excluding carboxylic acids is 4. The number of likely N-dealkylation sites (tertiary alicyclic amines) is 1. The van der Waals surface area contributed by atoms with E-state index in [1.807, 2.05) is 13.0 Å². The highest BCUT2D eigenvalue weighted by Gasteiger charge is 2.32. The van der Waals surface area contributed by atoms with Gasteiger partial charge in [-0.15, -0.1) is 13.2 Å². The van der Waals surface area contributed by atoms with Gasteiger partial charge in [-0.25, -0.2) is 4.79 Å². The number of rotatable bonds is 12. The molecule has 1 atom stereocenters. The maximum atomic E-state index is 11.9. The highest BCUT2D eigenvalue weighted by atomic mass is 16.6. The minimum Gasteiger partial charge on any atom is -0.466 e. The van der Waals surface area contributed by atoms with Crippen LogP contribution in [0.2, 0.25) is 0 Å². The lowest BCUT2D eigenvalue weighted by molar-refractivity contribution is -0.143. The molecule has 1 heterocycles. The number of nitrogens with zero attached hydrogens (tertiary/aromatic N) is 1. The number of allylic oxidation sites excluding steroid dienone is 2. The van der Waals surface area contributed by atoms with Gasteiger partial charge in [-0.2, -0.15) is 0 Å².